The van der Waals surface area contributed by atoms with Gasteiger partial charge < -0.3 is 0 Å². The molecule has 0 N–H and O–H groups in total. The van der Waals surface area contributed by atoms with Gasteiger partial charge >= 0.3 is 0 Å². The van der Waals surface area contributed by atoms with Crippen LogP contribution in [0.5, 0.6) is 0 Å². The molecule has 0 spiro atoms. The van der Waals surface area contributed by atoms with E-state index in [0.29, 0.717) is 5.56 Å². The highest BCUT2D eigenvalue weighted by atomic mass is 32.2. The van der Waals surface area contributed by atoms with E-state index in [2.05, 4.69) is 0 Å². The van der Waals surface area contributed by atoms with Crippen LogP contribution >= 0.6 is 0 Å². The number of Topliss-reactive ketones (excluding diaryl/α,β-unsaturated/α-hetero) is 1. The minimum absolute atomic E-state index is 0.0537. The molecule has 1 aliphatic heterocycles. The number of hydrogen-bond donors (Lipinski definition) is 0. The fourth-order valence-electron chi connectivity index (χ4n) is 1.60. The smallest absolute Gasteiger partial charge is 0.179 e. The molecule has 1 aromatic rings. The lowest BCUT2D eigenvalue weighted by Gasteiger charge is -2.15. The Morgan fingerprint density at radius 3 is 2.71 bits per heavy atom. The summed E-state index contributed by atoms with van der Waals surface area (Å²) in [5, 5.41) is 0. The van der Waals surface area contributed by atoms with Crippen molar-refractivity contribution >= 4 is 15.6 Å². The van der Waals surface area contributed by atoms with Gasteiger partial charge in [0.15, 0.2) is 15.6 Å². The number of sulfone groups is 1. The van der Waals surface area contributed by atoms with Crippen LogP contribution in [0.25, 0.3) is 0 Å². The van der Waals surface area contributed by atoms with Crippen molar-refractivity contribution in [3.63, 3.8) is 0 Å². The maximum Gasteiger partial charge on any atom is 0.179 e. The number of carbonyl (C=O) groups is 1. The van der Waals surface area contributed by atoms with Crippen molar-refractivity contribution in [2.75, 3.05) is 5.75 Å². The molecule has 2 rings (SSSR count). The summed E-state index contributed by atoms with van der Waals surface area (Å²) in [7, 11) is -3.21. The van der Waals surface area contributed by atoms with Gasteiger partial charge in [0.05, 0.1) is 10.6 Å². The average molecular weight is 210 g/mol. The molecule has 3 nitrogen and oxygen atoms in total. The van der Waals surface area contributed by atoms with Gasteiger partial charge in [0.2, 0.25) is 0 Å². The third-order valence-corrected chi connectivity index (χ3v) is 4.14. The minimum Gasteiger partial charge on any atom is -0.294 e. The first kappa shape index (κ1) is 9.40. The number of rotatable bonds is 0. The largest absolute Gasteiger partial charge is 0.294 e. The van der Waals surface area contributed by atoms with E-state index in [-0.39, 0.29) is 22.9 Å². The summed E-state index contributed by atoms with van der Waals surface area (Å²) in [5.74, 6) is -0.124. The molecule has 0 amide bonds. The number of carbonyl (C=O) groups excluding carboxylic acids is 1. The Morgan fingerprint density at radius 2 is 2.00 bits per heavy atom. The molecule has 1 aliphatic rings. The van der Waals surface area contributed by atoms with E-state index < -0.39 is 9.84 Å². The van der Waals surface area contributed by atoms with Crippen molar-refractivity contribution in [3.8, 4) is 0 Å². The summed E-state index contributed by atoms with van der Waals surface area (Å²) in [6, 6.07) is 4.89. The molecule has 0 bridgehead atoms. The van der Waals surface area contributed by atoms with Crippen LogP contribution < -0.4 is 0 Å². The van der Waals surface area contributed by atoms with Crippen LogP contribution in [0.4, 0.5) is 0 Å². The van der Waals surface area contributed by atoms with Gasteiger partial charge in [0, 0.05) is 12.0 Å². The maximum atomic E-state index is 11.6. The topological polar surface area (TPSA) is 51.2 Å². The van der Waals surface area contributed by atoms with Gasteiger partial charge in [-0.1, -0.05) is 11.6 Å². The van der Waals surface area contributed by atoms with Crippen molar-refractivity contribution in [1.29, 1.82) is 0 Å². The molecule has 4 heteroatoms. The molecule has 1 heterocycles. The molecule has 1 aromatic carbocycles. The van der Waals surface area contributed by atoms with E-state index in [4.69, 9.17) is 0 Å². The molecule has 0 aliphatic carbocycles. The highest BCUT2D eigenvalue weighted by molar-refractivity contribution is 7.91. The Morgan fingerprint density at radius 1 is 1.29 bits per heavy atom. The molecular weight excluding hydrogens is 200 g/mol. The van der Waals surface area contributed by atoms with Gasteiger partial charge in [0.1, 0.15) is 0 Å². The van der Waals surface area contributed by atoms with Crippen LogP contribution in [0.3, 0.4) is 0 Å². The predicted octanol–water partition coefficient (Wildman–Crippen LogP) is 1.36. The summed E-state index contributed by atoms with van der Waals surface area (Å²) < 4.78 is 23.2. The Labute approximate surface area is 82.7 Å². The lowest BCUT2D eigenvalue weighted by atomic mass is 10.1. The fraction of sp³-hybridized carbons (Fsp3) is 0.300. The Bertz CT molecular complexity index is 500. The van der Waals surface area contributed by atoms with Gasteiger partial charge in [-0.15, -0.1) is 0 Å². The molecular formula is C10H10O3S. The maximum absolute atomic E-state index is 11.6. The second-order valence-electron chi connectivity index (χ2n) is 3.49. The first-order valence-corrected chi connectivity index (χ1v) is 6.02. The lowest BCUT2D eigenvalue weighted by molar-refractivity contribution is 0.0983. The molecule has 14 heavy (non-hydrogen) atoms. The second-order valence-corrected chi connectivity index (χ2v) is 5.57. The lowest BCUT2D eigenvalue weighted by Crippen LogP contribution is -2.21. The quantitative estimate of drug-likeness (QED) is 0.649. The van der Waals surface area contributed by atoms with Gasteiger partial charge in [0.25, 0.3) is 0 Å². The Balaban J connectivity index is 2.76. The zero-order chi connectivity index (χ0) is 10.3. The molecule has 0 radical (unpaired) electrons. The molecule has 0 fully saturated rings. The third kappa shape index (κ3) is 1.35. The summed E-state index contributed by atoms with van der Waals surface area (Å²) in [4.78, 5) is 11.7. The van der Waals surface area contributed by atoms with Crippen molar-refractivity contribution in [2.24, 2.45) is 0 Å². The molecule has 0 unspecified atom stereocenters. The van der Waals surface area contributed by atoms with Gasteiger partial charge in [-0.25, -0.2) is 8.42 Å². The van der Waals surface area contributed by atoms with Crippen LogP contribution in [0.15, 0.2) is 23.1 Å². The number of benzene rings is 1. The minimum atomic E-state index is -3.21. The first-order chi connectivity index (χ1) is 6.50. The fourth-order valence-corrected chi connectivity index (χ4v) is 3.06. The van der Waals surface area contributed by atoms with Crippen LogP contribution in [0.1, 0.15) is 22.3 Å². The molecule has 74 valence electrons. The van der Waals surface area contributed by atoms with E-state index in [1.54, 1.807) is 12.1 Å². The Kier molecular flexibility index (Phi) is 1.96. The molecule has 0 saturated heterocycles. The summed E-state index contributed by atoms with van der Waals surface area (Å²) in [5.41, 5.74) is 1.27. The van der Waals surface area contributed by atoms with Crippen LogP contribution in [-0.4, -0.2) is 20.0 Å². The zero-order valence-corrected chi connectivity index (χ0v) is 8.60. The van der Waals surface area contributed by atoms with E-state index >= 15 is 0 Å². The van der Waals surface area contributed by atoms with Crippen LogP contribution in [-0.2, 0) is 9.84 Å². The number of fused-ring (bicyclic) bond motifs is 1. The van der Waals surface area contributed by atoms with E-state index in [1.165, 1.54) is 6.07 Å². The highest BCUT2D eigenvalue weighted by Crippen LogP contribution is 2.25. The average Bonchev–Trinajstić information content (AvgIpc) is 2.12. The number of ketones is 1. The highest BCUT2D eigenvalue weighted by Gasteiger charge is 2.28. The van der Waals surface area contributed by atoms with Crippen molar-refractivity contribution < 1.29 is 13.2 Å². The number of aryl methyl sites for hydroxylation is 1. The standard InChI is InChI=1S/C10H10O3S/c1-7-2-3-10-8(6-7)9(11)4-5-14(10,12)13/h2-3,6H,4-5H2,1H3. The normalized spacial score (nSPS) is 19.1. The second kappa shape index (κ2) is 2.92. The van der Waals surface area contributed by atoms with Crippen molar-refractivity contribution in [1.82, 2.24) is 0 Å². The molecule has 0 saturated carbocycles. The summed E-state index contributed by atoms with van der Waals surface area (Å²) >= 11 is 0. The van der Waals surface area contributed by atoms with Crippen molar-refractivity contribution in [2.45, 2.75) is 18.2 Å². The van der Waals surface area contributed by atoms with Crippen LogP contribution in [0.2, 0.25) is 0 Å². The molecule has 0 aromatic heterocycles. The van der Waals surface area contributed by atoms with Gasteiger partial charge in [-0.2, -0.15) is 0 Å². The zero-order valence-electron chi connectivity index (χ0n) is 7.78. The van der Waals surface area contributed by atoms with Gasteiger partial charge in [-0.05, 0) is 19.1 Å². The van der Waals surface area contributed by atoms with E-state index in [0.717, 1.165) is 5.56 Å². The summed E-state index contributed by atoms with van der Waals surface area (Å²) in [6.45, 7) is 1.84. The van der Waals surface area contributed by atoms with Crippen molar-refractivity contribution in [3.05, 3.63) is 29.3 Å². The SMILES string of the molecule is Cc1ccc2c(c1)C(=O)CCS2(=O)=O. The number of hydrogen-bond acceptors (Lipinski definition) is 3. The Hall–Kier alpha value is -1.16. The first-order valence-electron chi connectivity index (χ1n) is 4.37. The van der Waals surface area contributed by atoms with Crippen LogP contribution in [0, 0.1) is 6.92 Å². The monoisotopic (exact) mass is 210 g/mol. The van der Waals surface area contributed by atoms with Gasteiger partial charge in [-0.3, -0.25) is 4.79 Å². The van der Waals surface area contributed by atoms with E-state index in [1.807, 2.05) is 6.92 Å². The summed E-state index contributed by atoms with van der Waals surface area (Å²) in [6.07, 6.45) is 0.110. The van der Waals surface area contributed by atoms with E-state index in [9.17, 15) is 13.2 Å². The molecule has 0 atom stereocenters. The third-order valence-electron chi connectivity index (χ3n) is 2.37. The predicted molar refractivity (Wildman–Crippen MR) is 52.2 cm³/mol.